The molecule has 1 aromatic carbocycles. The van der Waals surface area contributed by atoms with E-state index in [1.165, 1.54) is 30.2 Å². The minimum atomic E-state index is -0.407. The molecule has 0 saturated carbocycles. The number of hydrogen-bond donors (Lipinski definition) is 1. The number of ether oxygens (including phenoxy) is 2. The molecule has 174 valence electrons. The number of aryl methyl sites for hydroxylation is 1. The van der Waals surface area contributed by atoms with Crippen LogP contribution in [0.2, 0.25) is 0 Å². The van der Waals surface area contributed by atoms with Crippen molar-refractivity contribution in [1.82, 2.24) is 14.8 Å². The highest BCUT2D eigenvalue weighted by Gasteiger charge is 2.28. The maximum Gasteiger partial charge on any atom is 0.341 e. The first kappa shape index (κ1) is 23.8. The molecule has 3 aromatic rings. The Balaban J connectivity index is 1.38. The van der Waals surface area contributed by atoms with Gasteiger partial charge in [0, 0.05) is 16.4 Å². The average Bonchev–Trinajstić information content (AvgIpc) is 3.48. The molecule has 11 heteroatoms. The first-order valence-electron chi connectivity index (χ1n) is 10.3. The topological polar surface area (TPSA) is 95.3 Å². The Bertz CT molecular complexity index is 1180. The number of methoxy groups -OCH3 is 1. The van der Waals surface area contributed by atoms with Crippen molar-refractivity contribution in [3.8, 4) is 5.75 Å². The number of fused-ring (bicyclic) bond motifs is 1. The molecule has 1 aliphatic rings. The quantitative estimate of drug-likeness (QED) is 0.318. The largest absolute Gasteiger partial charge is 0.483 e. The molecule has 0 aliphatic heterocycles. The molecule has 1 N–H and O–H groups in total. The zero-order valence-corrected chi connectivity index (χ0v) is 21.6. The van der Waals surface area contributed by atoms with Crippen molar-refractivity contribution in [2.75, 3.05) is 18.2 Å². The van der Waals surface area contributed by atoms with Crippen molar-refractivity contribution in [2.45, 2.75) is 37.4 Å². The molecule has 0 radical (unpaired) electrons. The molecule has 2 aromatic heterocycles. The molecule has 1 amide bonds. The van der Waals surface area contributed by atoms with Gasteiger partial charge in [-0.1, -0.05) is 27.7 Å². The summed E-state index contributed by atoms with van der Waals surface area (Å²) in [6.07, 6.45) is 2.47. The van der Waals surface area contributed by atoms with Crippen molar-refractivity contribution in [3.63, 3.8) is 0 Å². The number of carbonyl (C=O) groups excluding carboxylic acids is 2. The van der Waals surface area contributed by atoms with Crippen LogP contribution in [0.5, 0.6) is 5.75 Å². The van der Waals surface area contributed by atoms with Gasteiger partial charge in [-0.3, -0.25) is 4.79 Å². The zero-order chi connectivity index (χ0) is 23.5. The van der Waals surface area contributed by atoms with E-state index in [0.29, 0.717) is 21.5 Å². The summed E-state index contributed by atoms with van der Waals surface area (Å²) in [5.41, 5.74) is 1.50. The monoisotopic (exact) mass is 550 g/mol. The minimum Gasteiger partial charge on any atom is -0.483 e. The second kappa shape index (κ2) is 10.3. The average molecular weight is 551 g/mol. The number of amides is 1. The van der Waals surface area contributed by atoms with Gasteiger partial charge in [-0.05, 0) is 56.0 Å². The number of aromatic nitrogens is 3. The van der Waals surface area contributed by atoms with Crippen LogP contribution in [0.25, 0.3) is 0 Å². The fourth-order valence-corrected chi connectivity index (χ4v) is 5.96. The van der Waals surface area contributed by atoms with Gasteiger partial charge in [0.25, 0.3) is 0 Å². The van der Waals surface area contributed by atoms with Gasteiger partial charge in [-0.2, -0.15) is 0 Å². The predicted molar refractivity (Wildman–Crippen MR) is 131 cm³/mol. The molecular weight excluding hydrogens is 528 g/mol. The predicted octanol–water partition coefficient (Wildman–Crippen LogP) is 4.79. The number of carbonyl (C=O) groups is 2. The van der Waals surface area contributed by atoms with E-state index in [2.05, 4.69) is 31.4 Å². The molecule has 8 nitrogen and oxygen atoms in total. The van der Waals surface area contributed by atoms with Gasteiger partial charge in [-0.25, -0.2) is 4.79 Å². The number of thioether (sulfide) groups is 1. The van der Waals surface area contributed by atoms with Gasteiger partial charge in [0.15, 0.2) is 17.1 Å². The maximum atomic E-state index is 12.6. The van der Waals surface area contributed by atoms with E-state index < -0.39 is 5.97 Å². The Kier molecular flexibility index (Phi) is 7.40. The fraction of sp³-hybridized carbons (Fsp3) is 0.364. The van der Waals surface area contributed by atoms with Crippen LogP contribution in [-0.2, 0) is 29.4 Å². The molecule has 1 aliphatic carbocycles. The number of nitrogens with one attached hydrogen (secondary N) is 1. The SMILES string of the molecule is COC(=O)c1c(NC(=O)CSc2nnc(C(C)Oc3ccc(Br)cc3)n2C)sc2c1CCC2. The standard InChI is InChI=1S/C22H23BrN4O4S2/c1-12(31-14-9-7-13(23)8-10-14)19-25-26-22(27(19)2)32-11-17(28)24-20-18(21(29)30-3)15-5-4-6-16(15)33-20/h7-10,12H,4-6,11H2,1-3H3,(H,24,28). The summed E-state index contributed by atoms with van der Waals surface area (Å²) in [6.45, 7) is 1.90. The van der Waals surface area contributed by atoms with Crippen LogP contribution in [0.1, 0.15) is 46.1 Å². The summed E-state index contributed by atoms with van der Waals surface area (Å²) in [6, 6.07) is 7.57. The van der Waals surface area contributed by atoms with E-state index in [9.17, 15) is 9.59 Å². The van der Waals surface area contributed by atoms with Crippen molar-refractivity contribution in [2.24, 2.45) is 7.05 Å². The minimum absolute atomic E-state index is 0.136. The van der Waals surface area contributed by atoms with E-state index in [1.54, 1.807) is 0 Å². The number of halogens is 1. The van der Waals surface area contributed by atoms with Crippen molar-refractivity contribution in [1.29, 1.82) is 0 Å². The van der Waals surface area contributed by atoms with E-state index in [0.717, 1.165) is 39.9 Å². The van der Waals surface area contributed by atoms with E-state index in [4.69, 9.17) is 9.47 Å². The second-order valence-corrected chi connectivity index (χ2v) is 10.5. The molecule has 1 atom stereocenters. The van der Waals surface area contributed by atoms with Crippen LogP contribution >= 0.6 is 39.0 Å². The van der Waals surface area contributed by atoms with E-state index in [1.807, 2.05) is 42.8 Å². The van der Waals surface area contributed by atoms with Crippen LogP contribution in [0, 0.1) is 0 Å². The Morgan fingerprint density at radius 3 is 2.76 bits per heavy atom. The lowest BCUT2D eigenvalue weighted by Gasteiger charge is -2.14. The molecule has 4 rings (SSSR count). The number of rotatable bonds is 8. The summed E-state index contributed by atoms with van der Waals surface area (Å²) in [5.74, 6) is 0.899. The molecule has 0 fully saturated rings. The molecule has 33 heavy (non-hydrogen) atoms. The second-order valence-electron chi connectivity index (χ2n) is 7.50. The summed E-state index contributed by atoms with van der Waals surface area (Å²) in [5, 5.41) is 12.5. The lowest BCUT2D eigenvalue weighted by molar-refractivity contribution is -0.113. The first-order chi connectivity index (χ1) is 15.9. The fourth-order valence-electron chi connectivity index (χ4n) is 3.68. The van der Waals surface area contributed by atoms with E-state index >= 15 is 0 Å². The Hall–Kier alpha value is -2.37. The molecule has 1 unspecified atom stereocenters. The molecule has 2 heterocycles. The van der Waals surface area contributed by atoms with Crippen molar-refractivity contribution < 1.29 is 19.1 Å². The summed E-state index contributed by atoms with van der Waals surface area (Å²) < 4.78 is 13.7. The highest BCUT2D eigenvalue weighted by Crippen LogP contribution is 2.39. The number of nitrogens with zero attached hydrogens (tertiary/aromatic N) is 3. The third-order valence-electron chi connectivity index (χ3n) is 5.25. The van der Waals surface area contributed by atoms with Gasteiger partial charge in [-0.15, -0.1) is 21.5 Å². The Morgan fingerprint density at radius 2 is 2.03 bits per heavy atom. The molecule has 0 saturated heterocycles. The van der Waals surface area contributed by atoms with Crippen LogP contribution in [0.4, 0.5) is 5.00 Å². The van der Waals surface area contributed by atoms with Crippen molar-refractivity contribution >= 4 is 55.9 Å². The summed E-state index contributed by atoms with van der Waals surface area (Å²) in [4.78, 5) is 26.0. The number of benzene rings is 1. The van der Waals surface area contributed by atoms with Crippen LogP contribution in [-0.4, -0.2) is 39.5 Å². The lowest BCUT2D eigenvalue weighted by atomic mass is 10.1. The van der Waals surface area contributed by atoms with Gasteiger partial charge >= 0.3 is 5.97 Å². The zero-order valence-electron chi connectivity index (χ0n) is 18.4. The van der Waals surface area contributed by atoms with Crippen LogP contribution in [0.3, 0.4) is 0 Å². The van der Waals surface area contributed by atoms with Crippen LogP contribution in [0.15, 0.2) is 33.9 Å². The van der Waals surface area contributed by atoms with Crippen LogP contribution < -0.4 is 10.1 Å². The number of anilines is 1. The third-order valence-corrected chi connectivity index (χ3v) is 8.01. The maximum absolute atomic E-state index is 12.6. The van der Waals surface area contributed by atoms with Gasteiger partial charge in [0.2, 0.25) is 5.91 Å². The molecular formula is C22H23BrN4O4S2. The van der Waals surface area contributed by atoms with Crippen molar-refractivity contribution in [3.05, 3.63) is 50.6 Å². The molecule has 0 spiro atoms. The molecule has 0 bridgehead atoms. The summed E-state index contributed by atoms with van der Waals surface area (Å²) >= 11 is 6.14. The summed E-state index contributed by atoms with van der Waals surface area (Å²) in [7, 11) is 3.20. The smallest absolute Gasteiger partial charge is 0.341 e. The van der Waals surface area contributed by atoms with E-state index in [-0.39, 0.29) is 17.8 Å². The normalized spacial score (nSPS) is 13.5. The van der Waals surface area contributed by atoms with Gasteiger partial charge in [0.05, 0.1) is 18.4 Å². The Labute approximate surface area is 208 Å². The lowest BCUT2D eigenvalue weighted by Crippen LogP contribution is -2.16. The highest BCUT2D eigenvalue weighted by atomic mass is 79.9. The highest BCUT2D eigenvalue weighted by molar-refractivity contribution is 9.10. The van der Waals surface area contributed by atoms with Gasteiger partial charge in [0.1, 0.15) is 10.8 Å². The first-order valence-corrected chi connectivity index (χ1v) is 12.9. The number of thiophene rings is 1. The number of esters is 1. The Morgan fingerprint density at radius 1 is 1.27 bits per heavy atom. The third kappa shape index (κ3) is 5.25. The number of hydrogen-bond acceptors (Lipinski definition) is 8. The van der Waals surface area contributed by atoms with Gasteiger partial charge < -0.3 is 19.4 Å².